The van der Waals surface area contributed by atoms with Gasteiger partial charge >= 0.3 is 11.9 Å². The number of nitrogens with one attached hydrogen (secondary N) is 1. The van der Waals surface area contributed by atoms with E-state index in [0.29, 0.717) is 6.07 Å². The number of aromatic nitrogens is 2. The summed E-state index contributed by atoms with van der Waals surface area (Å²) < 4.78 is 52.8. The second-order valence-electron chi connectivity index (χ2n) is 7.62. The normalized spacial score (nSPS) is 19.3. The van der Waals surface area contributed by atoms with Crippen LogP contribution in [0.25, 0.3) is 0 Å². The summed E-state index contributed by atoms with van der Waals surface area (Å²) in [5.41, 5.74) is 10.0. The Hall–Kier alpha value is -3.02. The molecule has 1 fully saturated rings. The Balaban J connectivity index is 1.84. The van der Waals surface area contributed by atoms with Crippen LogP contribution in [0.4, 0.5) is 35.0 Å². The minimum atomic E-state index is -4.75. The van der Waals surface area contributed by atoms with Crippen LogP contribution in [0.2, 0.25) is 0 Å². The number of benzene rings is 1. The Morgan fingerprint density at radius 1 is 1.19 bits per heavy atom. The summed E-state index contributed by atoms with van der Waals surface area (Å²) in [6.07, 6.45) is -1.29. The van der Waals surface area contributed by atoms with E-state index >= 15 is 0 Å². The third kappa shape index (κ3) is 5.57. The van der Waals surface area contributed by atoms with Crippen molar-refractivity contribution in [1.29, 1.82) is 0 Å². The topological polar surface area (TPSA) is 133 Å². The highest BCUT2D eigenvalue weighted by atomic mass is 19.4. The molecule has 5 N–H and O–H groups in total. The first-order valence-corrected chi connectivity index (χ1v) is 9.70. The number of nitrogen functional groups attached to an aromatic ring is 1. The van der Waals surface area contributed by atoms with Crippen molar-refractivity contribution >= 4 is 17.5 Å². The van der Waals surface area contributed by atoms with Gasteiger partial charge in [-0.2, -0.15) is 18.2 Å². The van der Waals surface area contributed by atoms with Gasteiger partial charge in [-0.15, -0.1) is 0 Å². The first-order chi connectivity index (χ1) is 14.5. The van der Waals surface area contributed by atoms with E-state index in [2.05, 4.69) is 15.3 Å². The van der Waals surface area contributed by atoms with Crippen LogP contribution in [-0.4, -0.2) is 20.9 Å². The highest BCUT2D eigenvalue weighted by molar-refractivity contribution is 5.58. The maximum atomic E-state index is 13.3. The fourth-order valence-electron chi connectivity index (χ4n) is 3.75. The molecule has 3 rings (SSSR count). The molecule has 0 radical (unpaired) electrons. The number of nitro groups is 1. The van der Waals surface area contributed by atoms with Gasteiger partial charge in [0.15, 0.2) is 0 Å². The maximum Gasteiger partial charge on any atom is 0.416 e. The molecular formula is C19H22F4N6O2. The second kappa shape index (κ2) is 9.00. The summed E-state index contributed by atoms with van der Waals surface area (Å²) in [6.45, 7) is -0.371. The van der Waals surface area contributed by atoms with Gasteiger partial charge in [0.05, 0.1) is 10.5 Å². The summed E-state index contributed by atoms with van der Waals surface area (Å²) in [7, 11) is 0. The predicted molar refractivity (Wildman–Crippen MR) is 105 cm³/mol. The van der Waals surface area contributed by atoms with Crippen molar-refractivity contribution < 1.29 is 22.5 Å². The summed E-state index contributed by atoms with van der Waals surface area (Å²) >= 11 is 0. The molecule has 12 heteroatoms. The van der Waals surface area contributed by atoms with E-state index in [4.69, 9.17) is 11.5 Å². The fourth-order valence-corrected chi connectivity index (χ4v) is 3.75. The number of halogens is 4. The molecule has 1 aliphatic rings. The van der Waals surface area contributed by atoms with Crippen LogP contribution in [0.15, 0.2) is 18.2 Å². The second-order valence-corrected chi connectivity index (χ2v) is 7.62. The summed E-state index contributed by atoms with van der Waals surface area (Å²) in [4.78, 5) is 18.8. The van der Waals surface area contributed by atoms with E-state index in [9.17, 15) is 27.7 Å². The van der Waals surface area contributed by atoms with Crippen LogP contribution in [-0.2, 0) is 19.1 Å². The van der Waals surface area contributed by atoms with Gasteiger partial charge in [0, 0.05) is 12.6 Å². The zero-order valence-corrected chi connectivity index (χ0v) is 16.5. The summed E-state index contributed by atoms with van der Waals surface area (Å²) in [5.74, 6) is -1.39. The average molecular weight is 442 g/mol. The van der Waals surface area contributed by atoms with Gasteiger partial charge in [-0.1, -0.05) is 6.07 Å². The van der Waals surface area contributed by atoms with Crippen LogP contribution < -0.4 is 16.8 Å². The molecule has 31 heavy (non-hydrogen) atoms. The standard InChI is InChI=1S/C19H22F4N6O2/c20-12-4-3-11(14(8-12)19(21,22)23)9-26-18-27-15(16(29(30)31)17(25)28-18)7-10-1-5-13(24)6-2-10/h3-4,8,10,13H,1-2,5-7,9,24H2,(H3,25,26,27,28)/t10-,13-. The van der Waals surface area contributed by atoms with E-state index < -0.39 is 28.2 Å². The Bertz CT molecular complexity index is 961. The zero-order valence-electron chi connectivity index (χ0n) is 16.5. The zero-order chi connectivity index (χ0) is 22.8. The van der Waals surface area contributed by atoms with E-state index in [0.717, 1.165) is 37.8 Å². The van der Waals surface area contributed by atoms with Crippen molar-refractivity contribution in [2.24, 2.45) is 11.7 Å². The highest BCUT2D eigenvalue weighted by Crippen LogP contribution is 2.34. The number of rotatable bonds is 6. The smallest absolute Gasteiger partial charge is 0.378 e. The lowest BCUT2D eigenvalue weighted by Crippen LogP contribution is -2.27. The molecule has 1 heterocycles. The Morgan fingerprint density at radius 3 is 2.48 bits per heavy atom. The molecule has 0 unspecified atom stereocenters. The quantitative estimate of drug-likeness (QED) is 0.352. The van der Waals surface area contributed by atoms with Gasteiger partial charge < -0.3 is 16.8 Å². The third-order valence-corrected chi connectivity index (χ3v) is 5.35. The number of hydrogen-bond donors (Lipinski definition) is 3. The third-order valence-electron chi connectivity index (χ3n) is 5.35. The van der Waals surface area contributed by atoms with E-state index in [1.165, 1.54) is 0 Å². The fraction of sp³-hybridized carbons (Fsp3) is 0.474. The summed E-state index contributed by atoms with van der Waals surface area (Å²) in [6, 6.07) is 2.43. The molecule has 0 atom stereocenters. The number of nitrogens with two attached hydrogens (primary N) is 2. The molecule has 0 aliphatic heterocycles. The van der Waals surface area contributed by atoms with Crippen molar-refractivity contribution in [3.63, 3.8) is 0 Å². The number of nitrogens with zero attached hydrogens (tertiary/aromatic N) is 3. The number of anilines is 2. The van der Waals surface area contributed by atoms with Gasteiger partial charge in [0.25, 0.3) is 0 Å². The van der Waals surface area contributed by atoms with Crippen LogP contribution in [0, 0.1) is 21.8 Å². The van der Waals surface area contributed by atoms with Crippen LogP contribution in [0.5, 0.6) is 0 Å². The molecular weight excluding hydrogens is 420 g/mol. The molecule has 8 nitrogen and oxygen atoms in total. The molecule has 1 saturated carbocycles. The van der Waals surface area contributed by atoms with E-state index in [1.807, 2.05) is 0 Å². The highest BCUT2D eigenvalue weighted by Gasteiger charge is 2.34. The van der Waals surface area contributed by atoms with Crippen molar-refractivity contribution in [2.75, 3.05) is 11.1 Å². The molecule has 2 aromatic rings. The lowest BCUT2D eigenvalue weighted by Gasteiger charge is -2.25. The first kappa shape index (κ1) is 22.7. The molecule has 1 aliphatic carbocycles. The van der Waals surface area contributed by atoms with Crippen molar-refractivity contribution in [1.82, 2.24) is 9.97 Å². The monoisotopic (exact) mass is 442 g/mol. The van der Waals surface area contributed by atoms with Gasteiger partial charge in [0.1, 0.15) is 11.5 Å². The molecule has 1 aromatic carbocycles. The molecule has 1 aromatic heterocycles. The number of alkyl halides is 3. The Morgan fingerprint density at radius 2 is 1.87 bits per heavy atom. The van der Waals surface area contributed by atoms with Crippen molar-refractivity contribution in [3.05, 3.63) is 51.0 Å². The van der Waals surface area contributed by atoms with Gasteiger partial charge in [0.2, 0.25) is 11.8 Å². The maximum absolute atomic E-state index is 13.3. The first-order valence-electron chi connectivity index (χ1n) is 9.70. The van der Waals surface area contributed by atoms with Crippen LogP contribution in [0.3, 0.4) is 0 Å². The van der Waals surface area contributed by atoms with Crippen LogP contribution in [0.1, 0.15) is 42.5 Å². The average Bonchev–Trinajstić information content (AvgIpc) is 2.67. The lowest BCUT2D eigenvalue weighted by atomic mass is 9.83. The molecule has 0 saturated heterocycles. The Kier molecular flexibility index (Phi) is 6.58. The molecule has 0 bridgehead atoms. The minimum Gasteiger partial charge on any atom is -0.378 e. The van der Waals surface area contributed by atoms with E-state index in [-0.39, 0.29) is 47.9 Å². The lowest BCUT2D eigenvalue weighted by molar-refractivity contribution is -0.385. The predicted octanol–water partition coefficient (Wildman–Crippen LogP) is 3.80. The molecule has 0 spiro atoms. The molecule has 168 valence electrons. The SMILES string of the molecule is Nc1nc(NCc2ccc(F)cc2C(F)(F)F)nc(C[C@H]2CC[C@H](N)CC2)c1[N+](=O)[O-]. The molecule has 0 amide bonds. The van der Waals surface area contributed by atoms with Crippen LogP contribution >= 0.6 is 0 Å². The van der Waals surface area contributed by atoms with Gasteiger partial charge in [-0.3, -0.25) is 10.1 Å². The van der Waals surface area contributed by atoms with Gasteiger partial charge in [-0.05, 0) is 55.7 Å². The Labute approximate surface area is 175 Å². The summed E-state index contributed by atoms with van der Waals surface area (Å²) in [5, 5.41) is 14.1. The number of hydrogen-bond acceptors (Lipinski definition) is 7. The van der Waals surface area contributed by atoms with Crippen molar-refractivity contribution in [3.8, 4) is 0 Å². The minimum absolute atomic E-state index is 0.109. The van der Waals surface area contributed by atoms with Crippen molar-refractivity contribution in [2.45, 2.75) is 50.9 Å². The van der Waals surface area contributed by atoms with E-state index in [1.54, 1.807) is 0 Å². The largest absolute Gasteiger partial charge is 0.416 e. The van der Waals surface area contributed by atoms with Gasteiger partial charge in [-0.25, -0.2) is 9.37 Å².